The van der Waals surface area contributed by atoms with Crippen LogP contribution in [0.4, 0.5) is 17.3 Å². The van der Waals surface area contributed by atoms with E-state index >= 15 is 0 Å². The molecule has 0 radical (unpaired) electrons. The molecule has 3 rings (SSSR count). The highest BCUT2D eigenvalue weighted by atomic mass is 35.5. The summed E-state index contributed by atoms with van der Waals surface area (Å²) in [5.74, 6) is 1.47. The number of rotatable bonds is 4. The Morgan fingerprint density at radius 1 is 1.05 bits per heavy atom. The molecule has 98 valence electrons. The number of hydrogen-bond acceptors (Lipinski definition) is 4. The SMILES string of the molecule is Clc1cccc(Cl)c1Nc1cc(NC2CC2)ncn1. The van der Waals surface area contributed by atoms with Crippen LogP contribution in [0.25, 0.3) is 0 Å². The third kappa shape index (κ3) is 3.08. The molecule has 2 aromatic rings. The van der Waals surface area contributed by atoms with Crippen molar-refractivity contribution >= 4 is 40.5 Å². The van der Waals surface area contributed by atoms with Gasteiger partial charge in [-0.05, 0) is 25.0 Å². The summed E-state index contributed by atoms with van der Waals surface area (Å²) >= 11 is 12.2. The van der Waals surface area contributed by atoms with Crippen LogP contribution in [0.5, 0.6) is 0 Å². The van der Waals surface area contributed by atoms with Gasteiger partial charge in [0.15, 0.2) is 0 Å². The Balaban J connectivity index is 1.82. The first-order valence-corrected chi connectivity index (χ1v) is 6.77. The molecule has 0 saturated heterocycles. The fourth-order valence-corrected chi connectivity index (χ4v) is 2.18. The first-order valence-electron chi connectivity index (χ1n) is 6.02. The maximum Gasteiger partial charge on any atom is 0.135 e. The monoisotopic (exact) mass is 294 g/mol. The van der Waals surface area contributed by atoms with Gasteiger partial charge in [-0.1, -0.05) is 29.3 Å². The molecule has 0 amide bonds. The molecule has 1 aromatic carbocycles. The van der Waals surface area contributed by atoms with Crippen LogP contribution in [0, 0.1) is 0 Å². The predicted octanol–water partition coefficient (Wildman–Crippen LogP) is 4.10. The average molecular weight is 295 g/mol. The van der Waals surface area contributed by atoms with Gasteiger partial charge < -0.3 is 10.6 Å². The van der Waals surface area contributed by atoms with Crippen molar-refractivity contribution in [3.63, 3.8) is 0 Å². The Kier molecular flexibility index (Phi) is 3.44. The molecule has 1 aliphatic rings. The molecule has 0 aliphatic heterocycles. The van der Waals surface area contributed by atoms with Crippen LogP contribution in [0.1, 0.15) is 12.8 Å². The van der Waals surface area contributed by atoms with E-state index in [1.807, 2.05) is 6.07 Å². The van der Waals surface area contributed by atoms with Crippen LogP contribution in [0.3, 0.4) is 0 Å². The second-order valence-corrected chi connectivity index (χ2v) is 5.24. The topological polar surface area (TPSA) is 49.8 Å². The van der Waals surface area contributed by atoms with Gasteiger partial charge in [0.2, 0.25) is 0 Å². The quantitative estimate of drug-likeness (QED) is 0.891. The first kappa shape index (κ1) is 12.5. The lowest BCUT2D eigenvalue weighted by Crippen LogP contribution is -2.04. The highest BCUT2D eigenvalue weighted by molar-refractivity contribution is 6.39. The lowest BCUT2D eigenvalue weighted by molar-refractivity contribution is 1.08. The minimum absolute atomic E-state index is 0.548. The number of nitrogens with zero attached hydrogens (tertiary/aromatic N) is 2. The van der Waals surface area contributed by atoms with Crippen LogP contribution in [0.15, 0.2) is 30.6 Å². The molecule has 1 aliphatic carbocycles. The Morgan fingerprint density at radius 2 is 1.74 bits per heavy atom. The molecule has 4 nitrogen and oxygen atoms in total. The molecule has 2 N–H and O–H groups in total. The van der Waals surface area contributed by atoms with E-state index < -0.39 is 0 Å². The molecule has 1 saturated carbocycles. The summed E-state index contributed by atoms with van der Waals surface area (Å²) < 4.78 is 0. The summed E-state index contributed by atoms with van der Waals surface area (Å²) in [4.78, 5) is 8.34. The van der Waals surface area contributed by atoms with Crippen molar-refractivity contribution in [1.82, 2.24) is 9.97 Å². The Labute approximate surface area is 121 Å². The van der Waals surface area contributed by atoms with Gasteiger partial charge in [-0.2, -0.15) is 0 Å². The van der Waals surface area contributed by atoms with Crippen molar-refractivity contribution in [2.24, 2.45) is 0 Å². The van der Waals surface area contributed by atoms with Crippen LogP contribution in [-0.4, -0.2) is 16.0 Å². The van der Waals surface area contributed by atoms with E-state index in [0.717, 1.165) is 5.82 Å². The van der Waals surface area contributed by atoms with Gasteiger partial charge in [-0.25, -0.2) is 9.97 Å². The van der Waals surface area contributed by atoms with Crippen molar-refractivity contribution in [2.45, 2.75) is 18.9 Å². The molecule has 1 fully saturated rings. The zero-order chi connectivity index (χ0) is 13.2. The van der Waals surface area contributed by atoms with Gasteiger partial charge in [0.25, 0.3) is 0 Å². The number of hydrogen-bond donors (Lipinski definition) is 2. The molecular weight excluding hydrogens is 283 g/mol. The minimum Gasteiger partial charge on any atom is -0.367 e. The highest BCUT2D eigenvalue weighted by Crippen LogP contribution is 2.32. The van der Waals surface area contributed by atoms with Gasteiger partial charge >= 0.3 is 0 Å². The number of anilines is 3. The maximum atomic E-state index is 6.11. The predicted molar refractivity (Wildman–Crippen MR) is 78.4 cm³/mol. The van der Waals surface area contributed by atoms with Crippen LogP contribution < -0.4 is 10.6 Å². The van der Waals surface area contributed by atoms with Gasteiger partial charge in [-0.3, -0.25) is 0 Å². The average Bonchev–Trinajstić information content (AvgIpc) is 3.18. The van der Waals surface area contributed by atoms with Crippen molar-refractivity contribution in [1.29, 1.82) is 0 Å². The molecule has 0 atom stereocenters. The highest BCUT2D eigenvalue weighted by Gasteiger charge is 2.21. The van der Waals surface area contributed by atoms with Gasteiger partial charge in [0.05, 0.1) is 15.7 Å². The molecular formula is C13H12Cl2N4. The lowest BCUT2D eigenvalue weighted by Gasteiger charge is -2.10. The molecule has 1 aromatic heterocycles. The molecule has 0 unspecified atom stereocenters. The molecule has 6 heteroatoms. The smallest absolute Gasteiger partial charge is 0.135 e. The molecule has 19 heavy (non-hydrogen) atoms. The van der Waals surface area contributed by atoms with Crippen molar-refractivity contribution in [3.05, 3.63) is 40.6 Å². The lowest BCUT2D eigenvalue weighted by atomic mass is 10.3. The Hall–Kier alpha value is -1.52. The largest absolute Gasteiger partial charge is 0.367 e. The summed E-state index contributed by atoms with van der Waals surface area (Å²) in [6, 6.07) is 7.75. The van der Waals surface area contributed by atoms with Crippen LogP contribution >= 0.6 is 23.2 Å². The molecule has 1 heterocycles. The van der Waals surface area contributed by atoms with Gasteiger partial charge in [0, 0.05) is 12.1 Å². The third-order valence-corrected chi connectivity index (χ3v) is 3.44. The summed E-state index contributed by atoms with van der Waals surface area (Å²) in [5.41, 5.74) is 0.655. The Bertz CT molecular complexity index is 579. The fraction of sp³-hybridized carbons (Fsp3) is 0.231. The zero-order valence-corrected chi connectivity index (χ0v) is 11.5. The number of nitrogens with one attached hydrogen (secondary N) is 2. The van der Waals surface area contributed by atoms with E-state index in [2.05, 4.69) is 20.6 Å². The number of halogens is 2. The number of benzene rings is 1. The second kappa shape index (κ2) is 5.23. The van der Waals surface area contributed by atoms with Crippen molar-refractivity contribution < 1.29 is 0 Å². The van der Waals surface area contributed by atoms with E-state index in [1.54, 1.807) is 18.2 Å². The van der Waals surface area contributed by atoms with Crippen molar-refractivity contribution in [3.8, 4) is 0 Å². The standard InChI is InChI=1S/C13H12Cl2N4/c14-9-2-1-3-10(15)13(9)19-12-6-11(16-7-17-12)18-8-4-5-8/h1-3,6-8H,4-5H2,(H2,16,17,18,19). The summed E-state index contributed by atoms with van der Waals surface area (Å²) in [6.07, 6.45) is 3.91. The second-order valence-electron chi connectivity index (χ2n) is 4.43. The molecule has 0 spiro atoms. The minimum atomic E-state index is 0.548. The summed E-state index contributed by atoms with van der Waals surface area (Å²) in [6.45, 7) is 0. The maximum absolute atomic E-state index is 6.11. The van der Waals surface area contributed by atoms with Crippen molar-refractivity contribution in [2.75, 3.05) is 10.6 Å². The van der Waals surface area contributed by atoms with E-state index in [-0.39, 0.29) is 0 Å². The van der Waals surface area contributed by atoms with E-state index in [0.29, 0.717) is 27.6 Å². The van der Waals surface area contributed by atoms with Gasteiger partial charge in [0.1, 0.15) is 18.0 Å². The first-order chi connectivity index (χ1) is 9.22. The normalized spacial score (nSPS) is 14.2. The fourth-order valence-electron chi connectivity index (χ4n) is 1.69. The van der Waals surface area contributed by atoms with Crippen LogP contribution in [0.2, 0.25) is 10.0 Å². The number of aromatic nitrogens is 2. The van der Waals surface area contributed by atoms with E-state index in [1.165, 1.54) is 19.2 Å². The zero-order valence-electron chi connectivity index (χ0n) is 10.0. The summed E-state index contributed by atoms with van der Waals surface area (Å²) in [5, 5.41) is 7.55. The van der Waals surface area contributed by atoms with E-state index in [4.69, 9.17) is 23.2 Å². The van der Waals surface area contributed by atoms with E-state index in [9.17, 15) is 0 Å². The van der Waals surface area contributed by atoms with Crippen LogP contribution in [-0.2, 0) is 0 Å². The van der Waals surface area contributed by atoms with Gasteiger partial charge in [-0.15, -0.1) is 0 Å². The Morgan fingerprint density at radius 3 is 2.42 bits per heavy atom. The number of para-hydroxylation sites is 1. The summed E-state index contributed by atoms with van der Waals surface area (Å²) in [7, 11) is 0. The molecule has 0 bridgehead atoms. The third-order valence-electron chi connectivity index (χ3n) is 2.81.